The summed E-state index contributed by atoms with van der Waals surface area (Å²) < 4.78 is 0. The van der Waals surface area contributed by atoms with Crippen LogP contribution in [0.4, 0.5) is 5.69 Å². The summed E-state index contributed by atoms with van der Waals surface area (Å²) in [5, 5.41) is 4.78. The maximum Gasteiger partial charge on any atom is 0.0823 e. The fraction of sp³-hybridized carbons (Fsp3) is 0.571. The van der Waals surface area contributed by atoms with Crippen molar-refractivity contribution in [1.82, 2.24) is 0 Å². The maximum atomic E-state index is 6.20. The molecular formula is C14H19Cl2N. The topological polar surface area (TPSA) is 12.0 Å². The van der Waals surface area contributed by atoms with Gasteiger partial charge in [0, 0.05) is 6.04 Å². The minimum Gasteiger partial charge on any atom is -0.381 e. The first kappa shape index (κ1) is 13.0. The number of benzene rings is 1. The van der Waals surface area contributed by atoms with Crippen LogP contribution in [0.15, 0.2) is 18.2 Å². The molecule has 2 rings (SSSR count). The van der Waals surface area contributed by atoms with E-state index in [9.17, 15) is 0 Å². The van der Waals surface area contributed by atoms with Gasteiger partial charge in [-0.1, -0.05) is 50.0 Å². The zero-order valence-electron chi connectivity index (χ0n) is 10.6. The van der Waals surface area contributed by atoms with Crippen molar-refractivity contribution in [3.63, 3.8) is 0 Å². The van der Waals surface area contributed by atoms with Crippen LogP contribution in [0.5, 0.6) is 0 Å². The van der Waals surface area contributed by atoms with Gasteiger partial charge in [-0.3, -0.25) is 0 Å². The van der Waals surface area contributed by atoms with E-state index in [-0.39, 0.29) is 0 Å². The minimum atomic E-state index is 0.419. The van der Waals surface area contributed by atoms with Gasteiger partial charge in [0.2, 0.25) is 0 Å². The third-order valence-corrected chi connectivity index (χ3v) is 4.45. The summed E-state index contributed by atoms with van der Waals surface area (Å²) in [6.07, 6.45) is 2.43. The van der Waals surface area contributed by atoms with Crippen LogP contribution in [0.2, 0.25) is 10.0 Å². The summed E-state index contributed by atoms with van der Waals surface area (Å²) >= 11 is 12.2. The zero-order chi connectivity index (χ0) is 12.6. The summed E-state index contributed by atoms with van der Waals surface area (Å²) in [5.74, 6) is 0.667. The Balaban J connectivity index is 2.14. The predicted molar refractivity (Wildman–Crippen MR) is 76.1 cm³/mol. The molecule has 0 spiro atoms. The number of nitrogens with one attached hydrogen (secondary N) is 1. The van der Waals surface area contributed by atoms with Crippen molar-refractivity contribution in [2.45, 2.75) is 39.7 Å². The molecular weight excluding hydrogens is 253 g/mol. The van der Waals surface area contributed by atoms with E-state index >= 15 is 0 Å². The third kappa shape index (κ3) is 2.89. The molecule has 1 nitrogen and oxygen atoms in total. The Bertz CT molecular complexity index is 415. The first-order valence-corrected chi connectivity index (χ1v) is 6.85. The molecule has 0 amide bonds. The number of halogens is 2. The maximum absolute atomic E-state index is 6.20. The fourth-order valence-corrected chi connectivity index (χ4v) is 3.26. The lowest BCUT2D eigenvalue weighted by molar-refractivity contribution is 0.366. The zero-order valence-corrected chi connectivity index (χ0v) is 12.1. The molecule has 0 radical (unpaired) electrons. The van der Waals surface area contributed by atoms with Crippen LogP contribution in [-0.2, 0) is 0 Å². The molecule has 1 aromatic carbocycles. The van der Waals surface area contributed by atoms with Gasteiger partial charge >= 0.3 is 0 Å². The van der Waals surface area contributed by atoms with E-state index in [1.54, 1.807) is 0 Å². The van der Waals surface area contributed by atoms with Gasteiger partial charge in [-0.05, 0) is 36.3 Å². The lowest BCUT2D eigenvalue weighted by Gasteiger charge is -2.20. The van der Waals surface area contributed by atoms with Crippen LogP contribution in [0, 0.1) is 11.3 Å². The van der Waals surface area contributed by atoms with E-state index in [0.717, 1.165) is 5.69 Å². The molecule has 0 aromatic heterocycles. The molecule has 17 heavy (non-hydrogen) atoms. The number of hydrogen-bond donors (Lipinski definition) is 1. The number of anilines is 1. The van der Waals surface area contributed by atoms with Gasteiger partial charge < -0.3 is 5.32 Å². The molecule has 1 fully saturated rings. The van der Waals surface area contributed by atoms with Crippen molar-refractivity contribution in [2.75, 3.05) is 5.32 Å². The number of rotatable bonds is 2. The lowest BCUT2D eigenvalue weighted by atomic mass is 9.91. The van der Waals surface area contributed by atoms with Gasteiger partial charge in [-0.2, -0.15) is 0 Å². The van der Waals surface area contributed by atoms with Crippen LogP contribution >= 0.6 is 23.2 Å². The third-order valence-electron chi connectivity index (χ3n) is 3.63. The van der Waals surface area contributed by atoms with E-state index in [1.165, 1.54) is 12.8 Å². The molecule has 0 aliphatic heterocycles. The average molecular weight is 272 g/mol. The summed E-state index contributed by atoms with van der Waals surface area (Å²) in [4.78, 5) is 0. The van der Waals surface area contributed by atoms with Gasteiger partial charge in [0.15, 0.2) is 0 Å². The van der Waals surface area contributed by atoms with Gasteiger partial charge in [0.25, 0.3) is 0 Å². The quantitative estimate of drug-likeness (QED) is 0.777. The Morgan fingerprint density at radius 2 is 1.94 bits per heavy atom. The average Bonchev–Trinajstić information content (AvgIpc) is 2.47. The van der Waals surface area contributed by atoms with Crippen molar-refractivity contribution < 1.29 is 0 Å². The van der Waals surface area contributed by atoms with E-state index in [1.807, 2.05) is 18.2 Å². The van der Waals surface area contributed by atoms with E-state index in [4.69, 9.17) is 23.2 Å². The Labute approximate surface area is 114 Å². The second kappa shape index (κ2) is 4.70. The van der Waals surface area contributed by atoms with E-state index in [2.05, 4.69) is 26.1 Å². The van der Waals surface area contributed by atoms with Crippen molar-refractivity contribution in [3.05, 3.63) is 28.2 Å². The highest BCUT2D eigenvalue weighted by molar-refractivity contribution is 6.43. The van der Waals surface area contributed by atoms with Gasteiger partial charge in [0.1, 0.15) is 0 Å². The molecule has 0 heterocycles. The second-order valence-corrected chi connectivity index (χ2v) is 6.69. The van der Waals surface area contributed by atoms with Crippen molar-refractivity contribution in [2.24, 2.45) is 11.3 Å². The molecule has 1 aliphatic carbocycles. The fourth-order valence-electron chi connectivity index (χ4n) is 2.90. The molecule has 0 bridgehead atoms. The molecule has 3 heteroatoms. The van der Waals surface area contributed by atoms with Crippen LogP contribution in [0.3, 0.4) is 0 Å². The smallest absolute Gasteiger partial charge is 0.0823 e. The van der Waals surface area contributed by atoms with E-state index < -0.39 is 0 Å². The molecule has 0 saturated heterocycles. The van der Waals surface area contributed by atoms with Crippen LogP contribution in [0.1, 0.15) is 33.6 Å². The monoisotopic (exact) mass is 271 g/mol. The van der Waals surface area contributed by atoms with Crippen LogP contribution in [-0.4, -0.2) is 6.04 Å². The van der Waals surface area contributed by atoms with Gasteiger partial charge in [0.05, 0.1) is 15.7 Å². The van der Waals surface area contributed by atoms with Gasteiger partial charge in [-0.15, -0.1) is 0 Å². The van der Waals surface area contributed by atoms with Crippen molar-refractivity contribution in [1.29, 1.82) is 0 Å². The Morgan fingerprint density at radius 1 is 1.24 bits per heavy atom. The summed E-state index contributed by atoms with van der Waals surface area (Å²) in [5.41, 5.74) is 1.37. The summed E-state index contributed by atoms with van der Waals surface area (Å²) in [7, 11) is 0. The van der Waals surface area contributed by atoms with Gasteiger partial charge in [-0.25, -0.2) is 0 Å². The standard InChI is InChI=1S/C14H19Cl2N/c1-9-7-14(2,3)8-12(9)17-11-6-4-5-10(15)13(11)16/h4-6,9,12,17H,7-8H2,1-3H3. The largest absolute Gasteiger partial charge is 0.381 e. The summed E-state index contributed by atoms with van der Waals surface area (Å²) in [6, 6.07) is 6.23. The van der Waals surface area contributed by atoms with Crippen LogP contribution in [0.25, 0.3) is 0 Å². The van der Waals surface area contributed by atoms with Crippen molar-refractivity contribution in [3.8, 4) is 0 Å². The predicted octanol–water partition coefficient (Wildman–Crippen LogP) is 5.23. The SMILES string of the molecule is CC1CC(C)(C)CC1Nc1cccc(Cl)c1Cl. The first-order valence-electron chi connectivity index (χ1n) is 6.09. The van der Waals surface area contributed by atoms with E-state index in [0.29, 0.717) is 27.4 Å². The molecule has 2 atom stereocenters. The first-order chi connectivity index (χ1) is 7.89. The minimum absolute atomic E-state index is 0.419. The Hall–Kier alpha value is -0.400. The molecule has 1 aliphatic rings. The lowest BCUT2D eigenvalue weighted by Crippen LogP contribution is -2.22. The summed E-state index contributed by atoms with van der Waals surface area (Å²) in [6.45, 7) is 6.94. The molecule has 94 valence electrons. The Morgan fingerprint density at radius 3 is 2.53 bits per heavy atom. The number of hydrogen-bond acceptors (Lipinski definition) is 1. The highest BCUT2D eigenvalue weighted by Gasteiger charge is 2.36. The molecule has 1 saturated carbocycles. The highest BCUT2D eigenvalue weighted by atomic mass is 35.5. The molecule has 1 N–H and O–H groups in total. The van der Waals surface area contributed by atoms with Crippen LogP contribution < -0.4 is 5.32 Å². The molecule has 2 unspecified atom stereocenters. The second-order valence-electron chi connectivity index (χ2n) is 5.90. The Kier molecular flexibility index (Phi) is 3.61. The highest BCUT2D eigenvalue weighted by Crippen LogP contribution is 2.43. The molecule has 1 aromatic rings. The normalized spacial score (nSPS) is 27.1. The van der Waals surface area contributed by atoms with Crippen molar-refractivity contribution >= 4 is 28.9 Å².